The van der Waals surface area contributed by atoms with Crippen LogP contribution >= 0.6 is 0 Å². The highest BCUT2D eigenvalue weighted by atomic mass is 16.4. The van der Waals surface area contributed by atoms with Gasteiger partial charge in [-0.15, -0.1) is 6.42 Å². The maximum absolute atomic E-state index is 12.0. The van der Waals surface area contributed by atoms with Crippen molar-refractivity contribution >= 4 is 23.5 Å². The molecule has 0 heterocycles. The van der Waals surface area contributed by atoms with Crippen molar-refractivity contribution in [2.75, 3.05) is 18.9 Å². The largest absolute Gasteiger partial charge is 0.481 e. The first kappa shape index (κ1) is 15.6. The molecule has 0 bridgehead atoms. The van der Waals surface area contributed by atoms with Gasteiger partial charge in [-0.25, -0.2) is 0 Å². The Balaban J connectivity index is 1.88. The second-order valence-corrected chi connectivity index (χ2v) is 5.25. The molecular weight excluding hydrogens is 284 g/mol. The molecule has 0 saturated heterocycles. The van der Waals surface area contributed by atoms with Crippen LogP contribution in [-0.2, 0) is 14.4 Å². The SMILES string of the molecule is C#Cc1cccc(NC(=O)CN(C)C(=O)C2CC2C(=O)O)c1. The number of carboxylic acid groups (broad SMARTS) is 1. The minimum atomic E-state index is -0.970. The molecule has 1 aliphatic carbocycles. The fraction of sp³-hybridized carbons (Fsp3) is 0.312. The van der Waals surface area contributed by atoms with Crippen LogP contribution in [0.2, 0.25) is 0 Å². The number of terminal acetylenes is 1. The maximum atomic E-state index is 12.0. The van der Waals surface area contributed by atoms with Crippen molar-refractivity contribution in [3.8, 4) is 12.3 Å². The summed E-state index contributed by atoms with van der Waals surface area (Å²) in [7, 11) is 1.48. The summed E-state index contributed by atoms with van der Waals surface area (Å²) in [6, 6.07) is 6.81. The maximum Gasteiger partial charge on any atom is 0.307 e. The number of rotatable bonds is 5. The quantitative estimate of drug-likeness (QED) is 0.787. The van der Waals surface area contributed by atoms with E-state index in [1.54, 1.807) is 24.3 Å². The fourth-order valence-corrected chi connectivity index (χ4v) is 2.20. The topological polar surface area (TPSA) is 86.7 Å². The van der Waals surface area contributed by atoms with Gasteiger partial charge in [0.25, 0.3) is 0 Å². The molecule has 1 fully saturated rings. The van der Waals surface area contributed by atoms with Crippen LogP contribution in [0.1, 0.15) is 12.0 Å². The van der Waals surface area contributed by atoms with E-state index in [2.05, 4.69) is 11.2 Å². The molecule has 0 aromatic heterocycles. The molecular formula is C16H16N2O4. The van der Waals surface area contributed by atoms with Crippen molar-refractivity contribution < 1.29 is 19.5 Å². The number of hydrogen-bond donors (Lipinski definition) is 2. The summed E-state index contributed by atoms with van der Waals surface area (Å²) in [4.78, 5) is 35.9. The number of nitrogens with zero attached hydrogens (tertiary/aromatic N) is 1. The molecule has 2 amide bonds. The molecule has 0 aliphatic heterocycles. The molecule has 1 aromatic rings. The molecule has 0 spiro atoms. The molecule has 22 heavy (non-hydrogen) atoms. The van der Waals surface area contributed by atoms with E-state index in [0.717, 1.165) is 0 Å². The van der Waals surface area contributed by atoms with E-state index in [1.807, 2.05) is 0 Å². The molecule has 2 N–H and O–H groups in total. The normalized spacial score (nSPS) is 18.9. The van der Waals surface area contributed by atoms with E-state index in [0.29, 0.717) is 17.7 Å². The summed E-state index contributed by atoms with van der Waals surface area (Å²) in [5, 5.41) is 11.5. The summed E-state index contributed by atoms with van der Waals surface area (Å²) in [6.45, 7) is -0.137. The minimum absolute atomic E-state index is 0.137. The molecule has 6 nitrogen and oxygen atoms in total. The van der Waals surface area contributed by atoms with Crippen LogP contribution in [0.25, 0.3) is 0 Å². The molecule has 114 valence electrons. The third kappa shape index (κ3) is 3.64. The van der Waals surface area contributed by atoms with Gasteiger partial charge in [0.15, 0.2) is 0 Å². The van der Waals surface area contributed by atoms with Crippen molar-refractivity contribution in [2.45, 2.75) is 6.42 Å². The molecule has 1 aliphatic rings. The zero-order valence-corrected chi connectivity index (χ0v) is 12.1. The second-order valence-electron chi connectivity index (χ2n) is 5.25. The number of amides is 2. The Morgan fingerprint density at radius 1 is 1.41 bits per heavy atom. The Morgan fingerprint density at radius 3 is 2.73 bits per heavy atom. The lowest BCUT2D eigenvalue weighted by Crippen LogP contribution is -2.36. The molecule has 6 heteroatoms. The highest BCUT2D eigenvalue weighted by Gasteiger charge is 2.49. The lowest BCUT2D eigenvalue weighted by atomic mass is 10.2. The first-order valence-electron chi connectivity index (χ1n) is 6.76. The lowest BCUT2D eigenvalue weighted by Gasteiger charge is -2.16. The van der Waals surface area contributed by atoms with E-state index in [4.69, 9.17) is 11.5 Å². The van der Waals surface area contributed by atoms with E-state index < -0.39 is 17.8 Å². The Hall–Kier alpha value is -2.81. The Morgan fingerprint density at radius 2 is 2.14 bits per heavy atom. The van der Waals surface area contributed by atoms with Gasteiger partial charge in [-0.3, -0.25) is 14.4 Å². The Kier molecular flexibility index (Phi) is 4.47. The van der Waals surface area contributed by atoms with Crippen LogP contribution in [0.3, 0.4) is 0 Å². The van der Waals surface area contributed by atoms with Gasteiger partial charge in [-0.2, -0.15) is 0 Å². The standard InChI is InChI=1S/C16H16N2O4/c1-3-10-5-4-6-11(7-10)17-14(19)9-18(2)15(20)12-8-13(12)16(21)22/h1,4-7,12-13H,8-9H2,2H3,(H,17,19)(H,21,22). The zero-order valence-electron chi connectivity index (χ0n) is 12.1. The predicted molar refractivity (Wildman–Crippen MR) is 79.9 cm³/mol. The molecule has 1 aromatic carbocycles. The highest BCUT2D eigenvalue weighted by Crippen LogP contribution is 2.39. The van der Waals surface area contributed by atoms with Gasteiger partial charge in [0.05, 0.1) is 18.4 Å². The van der Waals surface area contributed by atoms with Gasteiger partial charge in [0, 0.05) is 18.3 Å². The third-order valence-corrected chi connectivity index (χ3v) is 3.49. The van der Waals surface area contributed by atoms with Crippen LogP contribution < -0.4 is 5.32 Å². The number of carboxylic acids is 1. The van der Waals surface area contributed by atoms with E-state index in [9.17, 15) is 14.4 Å². The first-order chi connectivity index (χ1) is 10.4. The van der Waals surface area contributed by atoms with Crippen LogP contribution in [0.5, 0.6) is 0 Å². The van der Waals surface area contributed by atoms with Crippen LogP contribution in [0.4, 0.5) is 5.69 Å². The van der Waals surface area contributed by atoms with E-state index in [-0.39, 0.29) is 18.4 Å². The number of likely N-dealkylation sites (N-methyl/N-ethyl adjacent to an activating group) is 1. The molecule has 1 saturated carbocycles. The fourth-order valence-electron chi connectivity index (χ4n) is 2.20. The molecule has 2 unspecified atom stereocenters. The van der Waals surface area contributed by atoms with Gasteiger partial charge in [-0.05, 0) is 24.6 Å². The van der Waals surface area contributed by atoms with E-state index >= 15 is 0 Å². The number of benzene rings is 1. The van der Waals surface area contributed by atoms with Crippen molar-refractivity contribution in [3.05, 3.63) is 29.8 Å². The zero-order chi connectivity index (χ0) is 16.3. The highest BCUT2D eigenvalue weighted by molar-refractivity contribution is 5.96. The van der Waals surface area contributed by atoms with Crippen molar-refractivity contribution in [3.63, 3.8) is 0 Å². The van der Waals surface area contributed by atoms with Crippen molar-refractivity contribution in [1.29, 1.82) is 0 Å². The molecule has 2 atom stereocenters. The summed E-state index contributed by atoms with van der Waals surface area (Å²) < 4.78 is 0. The van der Waals surface area contributed by atoms with Crippen molar-refractivity contribution in [1.82, 2.24) is 4.90 Å². The van der Waals surface area contributed by atoms with Crippen LogP contribution in [0.15, 0.2) is 24.3 Å². The average Bonchev–Trinajstić information content (AvgIpc) is 3.27. The number of carbonyl (C=O) groups is 3. The Bertz CT molecular complexity index is 662. The number of nitrogens with one attached hydrogen (secondary N) is 1. The van der Waals surface area contributed by atoms with E-state index in [1.165, 1.54) is 11.9 Å². The minimum Gasteiger partial charge on any atom is -0.481 e. The van der Waals surface area contributed by atoms with Crippen molar-refractivity contribution in [2.24, 2.45) is 11.8 Å². The number of aliphatic carboxylic acids is 1. The van der Waals surface area contributed by atoms with Crippen LogP contribution in [-0.4, -0.2) is 41.4 Å². The smallest absolute Gasteiger partial charge is 0.307 e. The third-order valence-electron chi connectivity index (χ3n) is 3.49. The van der Waals surface area contributed by atoms with Gasteiger partial charge in [0.2, 0.25) is 11.8 Å². The summed E-state index contributed by atoms with van der Waals surface area (Å²) >= 11 is 0. The van der Waals surface area contributed by atoms with Crippen LogP contribution in [0, 0.1) is 24.2 Å². The monoisotopic (exact) mass is 300 g/mol. The number of anilines is 1. The number of hydrogen-bond acceptors (Lipinski definition) is 3. The van der Waals surface area contributed by atoms with Gasteiger partial charge >= 0.3 is 5.97 Å². The predicted octanol–water partition coefficient (Wildman–Crippen LogP) is 0.786. The molecule has 0 radical (unpaired) electrons. The second kappa shape index (κ2) is 6.31. The summed E-state index contributed by atoms with van der Waals surface area (Å²) in [6.07, 6.45) is 5.62. The summed E-state index contributed by atoms with van der Waals surface area (Å²) in [5.74, 6) is -0.320. The van der Waals surface area contributed by atoms with Gasteiger partial charge < -0.3 is 15.3 Å². The molecule has 2 rings (SSSR count). The Labute approximate surface area is 128 Å². The lowest BCUT2D eigenvalue weighted by molar-refractivity contribution is -0.141. The van der Waals surface area contributed by atoms with Gasteiger partial charge in [0.1, 0.15) is 0 Å². The first-order valence-corrected chi connectivity index (χ1v) is 6.76. The number of carbonyl (C=O) groups excluding carboxylic acids is 2. The summed E-state index contributed by atoms with van der Waals surface area (Å²) in [5.41, 5.74) is 1.20. The average molecular weight is 300 g/mol. The van der Waals surface area contributed by atoms with Gasteiger partial charge in [-0.1, -0.05) is 12.0 Å².